The van der Waals surface area contributed by atoms with E-state index >= 15 is 0 Å². The predicted molar refractivity (Wildman–Crippen MR) is 102 cm³/mol. The number of ether oxygens (including phenoxy) is 2. The molecule has 27 heavy (non-hydrogen) atoms. The van der Waals surface area contributed by atoms with Gasteiger partial charge in [0.2, 0.25) is 5.88 Å². The second kappa shape index (κ2) is 7.79. The van der Waals surface area contributed by atoms with E-state index in [9.17, 15) is 10.1 Å². The van der Waals surface area contributed by atoms with Gasteiger partial charge in [-0.1, -0.05) is 60.2 Å². The molecule has 5 nitrogen and oxygen atoms in total. The number of carbonyl (C=O) groups excluding carboxylic acids is 1. The van der Waals surface area contributed by atoms with Crippen LogP contribution in [0.15, 0.2) is 71.6 Å². The zero-order valence-electron chi connectivity index (χ0n) is 15.2. The van der Waals surface area contributed by atoms with Gasteiger partial charge in [0.05, 0.1) is 18.1 Å². The van der Waals surface area contributed by atoms with E-state index in [-0.39, 0.29) is 23.6 Å². The topological polar surface area (TPSA) is 85.3 Å². The summed E-state index contributed by atoms with van der Waals surface area (Å²) in [6.45, 7) is 3.92. The molecule has 1 heterocycles. The maximum Gasteiger partial charge on any atom is 0.338 e. The molecule has 1 atom stereocenters. The summed E-state index contributed by atoms with van der Waals surface area (Å²) in [4.78, 5) is 12.9. The minimum absolute atomic E-state index is 0.00465. The minimum atomic E-state index is -0.654. The van der Waals surface area contributed by atoms with E-state index in [4.69, 9.17) is 15.2 Å². The third-order valence-electron chi connectivity index (χ3n) is 4.36. The molecule has 1 aliphatic heterocycles. The molecular formula is C22H20N2O3. The number of esters is 1. The molecule has 0 saturated heterocycles. The molecule has 0 radical (unpaired) electrons. The van der Waals surface area contributed by atoms with Gasteiger partial charge in [0.15, 0.2) is 0 Å². The van der Waals surface area contributed by atoms with Crippen LogP contribution in [-0.4, -0.2) is 12.6 Å². The summed E-state index contributed by atoms with van der Waals surface area (Å²) in [5.41, 5.74) is 9.08. The van der Waals surface area contributed by atoms with Gasteiger partial charge in [-0.15, -0.1) is 0 Å². The number of hydrogen-bond acceptors (Lipinski definition) is 5. The molecule has 136 valence electrons. The molecule has 0 bridgehead atoms. The molecule has 0 aromatic heterocycles. The molecule has 5 heteroatoms. The Hall–Kier alpha value is -3.52. The fraction of sp³-hybridized carbons (Fsp3) is 0.182. The van der Waals surface area contributed by atoms with E-state index in [1.807, 2.05) is 61.5 Å². The summed E-state index contributed by atoms with van der Waals surface area (Å²) in [7, 11) is 0. The Morgan fingerprint density at radius 1 is 1.19 bits per heavy atom. The lowest BCUT2D eigenvalue weighted by atomic mass is 9.82. The largest absolute Gasteiger partial charge is 0.463 e. The van der Waals surface area contributed by atoms with Crippen LogP contribution < -0.4 is 5.73 Å². The Morgan fingerprint density at radius 2 is 1.85 bits per heavy atom. The second-order valence-corrected chi connectivity index (χ2v) is 6.16. The van der Waals surface area contributed by atoms with Gasteiger partial charge in [-0.3, -0.25) is 0 Å². The van der Waals surface area contributed by atoms with E-state index in [1.54, 1.807) is 6.92 Å². The van der Waals surface area contributed by atoms with Crippen molar-refractivity contribution in [3.05, 3.63) is 88.3 Å². The molecular weight excluding hydrogens is 340 g/mol. The second-order valence-electron chi connectivity index (χ2n) is 6.16. The van der Waals surface area contributed by atoms with Gasteiger partial charge in [0.25, 0.3) is 0 Å². The fourth-order valence-electron chi connectivity index (χ4n) is 3.07. The van der Waals surface area contributed by atoms with E-state index in [1.165, 1.54) is 0 Å². The highest BCUT2D eigenvalue weighted by molar-refractivity contribution is 5.99. The van der Waals surface area contributed by atoms with E-state index in [0.29, 0.717) is 11.3 Å². The summed E-state index contributed by atoms with van der Waals surface area (Å²) < 4.78 is 11.0. The van der Waals surface area contributed by atoms with Gasteiger partial charge >= 0.3 is 5.97 Å². The standard InChI is InChI=1S/C22H20N2O3/c1-3-26-22(25)19-18(15-11-9-14(2)10-12-15)17(13-23)21(24)27-20(19)16-7-5-4-6-8-16/h4-12,18H,3,24H2,1-2H3/t18-/m0/s1. The zero-order chi connectivity index (χ0) is 19.4. The Balaban J connectivity index is 2.26. The smallest absolute Gasteiger partial charge is 0.338 e. The summed E-state index contributed by atoms with van der Waals surface area (Å²) in [5, 5.41) is 9.69. The van der Waals surface area contributed by atoms with Crippen molar-refractivity contribution in [2.24, 2.45) is 5.73 Å². The van der Waals surface area contributed by atoms with Crippen molar-refractivity contribution in [1.29, 1.82) is 5.26 Å². The number of hydrogen-bond donors (Lipinski definition) is 1. The number of nitriles is 1. The third-order valence-corrected chi connectivity index (χ3v) is 4.36. The molecule has 2 aromatic rings. The van der Waals surface area contributed by atoms with Crippen molar-refractivity contribution < 1.29 is 14.3 Å². The van der Waals surface area contributed by atoms with Crippen LogP contribution in [0.5, 0.6) is 0 Å². The van der Waals surface area contributed by atoms with Gasteiger partial charge in [0, 0.05) is 5.56 Å². The molecule has 3 rings (SSSR count). The number of nitrogens with two attached hydrogens (primary N) is 1. The maximum absolute atomic E-state index is 12.9. The highest BCUT2D eigenvalue weighted by Crippen LogP contribution is 2.42. The first-order chi connectivity index (χ1) is 13.1. The predicted octanol–water partition coefficient (Wildman–Crippen LogP) is 3.78. The lowest BCUT2D eigenvalue weighted by molar-refractivity contribution is -0.138. The van der Waals surface area contributed by atoms with Gasteiger partial charge < -0.3 is 15.2 Å². The van der Waals surface area contributed by atoms with E-state index < -0.39 is 11.9 Å². The number of carbonyl (C=O) groups is 1. The molecule has 0 amide bonds. The molecule has 0 spiro atoms. The first-order valence-corrected chi connectivity index (χ1v) is 8.67. The third kappa shape index (κ3) is 3.56. The quantitative estimate of drug-likeness (QED) is 0.839. The lowest BCUT2D eigenvalue weighted by Crippen LogP contribution is -2.25. The Bertz CT molecular complexity index is 951. The zero-order valence-corrected chi connectivity index (χ0v) is 15.2. The molecule has 0 saturated carbocycles. The van der Waals surface area contributed by atoms with E-state index in [0.717, 1.165) is 11.1 Å². The molecule has 0 fully saturated rings. The van der Waals surface area contributed by atoms with Gasteiger partial charge in [-0.05, 0) is 19.4 Å². The van der Waals surface area contributed by atoms with Gasteiger partial charge in [-0.25, -0.2) is 4.79 Å². The average Bonchev–Trinajstić information content (AvgIpc) is 2.68. The first-order valence-electron chi connectivity index (χ1n) is 8.67. The summed E-state index contributed by atoms with van der Waals surface area (Å²) in [6.07, 6.45) is 0. The number of nitrogens with zero attached hydrogens (tertiary/aromatic N) is 1. The average molecular weight is 360 g/mol. The normalized spacial score (nSPS) is 16.6. The van der Waals surface area contributed by atoms with Gasteiger partial charge in [0.1, 0.15) is 17.4 Å². The SMILES string of the molecule is CCOC(=O)C1=C(c2ccccc2)OC(N)=C(C#N)[C@@H]1c1ccc(C)cc1. The molecule has 1 aliphatic rings. The van der Waals surface area contributed by atoms with Crippen LogP contribution in [0.1, 0.15) is 29.5 Å². The van der Waals surface area contributed by atoms with Crippen molar-refractivity contribution in [2.45, 2.75) is 19.8 Å². The Labute approximate surface area is 158 Å². The Morgan fingerprint density at radius 3 is 2.44 bits per heavy atom. The molecule has 0 aliphatic carbocycles. The summed E-state index contributed by atoms with van der Waals surface area (Å²) in [5.74, 6) is -0.869. The number of benzene rings is 2. The fourth-order valence-corrected chi connectivity index (χ4v) is 3.07. The van der Waals surface area contributed by atoms with E-state index in [2.05, 4.69) is 6.07 Å². The molecule has 2 aromatic carbocycles. The molecule has 0 unspecified atom stereocenters. The van der Waals surface area contributed by atoms with Crippen LogP contribution in [0.25, 0.3) is 5.76 Å². The molecule has 2 N–H and O–H groups in total. The lowest BCUT2D eigenvalue weighted by Gasteiger charge is -2.28. The van der Waals surface area contributed by atoms with Crippen LogP contribution >= 0.6 is 0 Å². The van der Waals surface area contributed by atoms with Crippen molar-refractivity contribution in [3.63, 3.8) is 0 Å². The monoisotopic (exact) mass is 360 g/mol. The maximum atomic E-state index is 12.9. The number of allylic oxidation sites excluding steroid dienone is 1. The van der Waals surface area contributed by atoms with Crippen LogP contribution in [0.3, 0.4) is 0 Å². The van der Waals surface area contributed by atoms with Crippen molar-refractivity contribution in [1.82, 2.24) is 0 Å². The number of rotatable bonds is 4. The Kier molecular flexibility index (Phi) is 5.28. The highest BCUT2D eigenvalue weighted by atomic mass is 16.5. The highest BCUT2D eigenvalue weighted by Gasteiger charge is 2.38. The minimum Gasteiger partial charge on any atom is -0.463 e. The number of aryl methyl sites for hydroxylation is 1. The first kappa shape index (κ1) is 18.3. The van der Waals surface area contributed by atoms with Crippen molar-refractivity contribution in [3.8, 4) is 6.07 Å². The van der Waals surface area contributed by atoms with Gasteiger partial charge in [-0.2, -0.15) is 5.26 Å². The summed E-state index contributed by atoms with van der Waals surface area (Å²) in [6, 6.07) is 18.9. The van der Waals surface area contributed by atoms with Crippen molar-refractivity contribution >= 4 is 11.7 Å². The van der Waals surface area contributed by atoms with Crippen LogP contribution in [0.4, 0.5) is 0 Å². The van der Waals surface area contributed by atoms with Crippen molar-refractivity contribution in [2.75, 3.05) is 6.61 Å². The van der Waals surface area contributed by atoms with Crippen LogP contribution in [-0.2, 0) is 14.3 Å². The van der Waals surface area contributed by atoms with Crippen LogP contribution in [0.2, 0.25) is 0 Å². The van der Waals surface area contributed by atoms with Crippen LogP contribution in [0, 0.1) is 18.3 Å². The summed E-state index contributed by atoms with van der Waals surface area (Å²) >= 11 is 0.